The Hall–Kier alpha value is -2.10. The molecule has 1 aliphatic rings. The van der Waals surface area contributed by atoms with Crippen LogP contribution in [-0.2, 0) is 20.7 Å². The van der Waals surface area contributed by atoms with Crippen molar-refractivity contribution in [1.29, 1.82) is 0 Å². The maximum atomic E-state index is 12.7. The van der Waals surface area contributed by atoms with E-state index in [1.165, 1.54) is 5.56 Å². The van der Waals surface area contributed by atoms with E-state index in [-0.39, 0.29) is 11.9 Å². The SMILES string of the molecule is C=CCC(=O)N1CCC[C@@](CCCc2ccccc2)(C(=O)OCC)C1. The van der Waals surface area contributed by atoms with Gasteiger partial charge in [-0.2, -0.15) is 0 Å². The molecule has 1 aromatic carbocycles. The van der Waals surface area contributed by atoms with E-state index < -0.39 is 5.41 Å². The average Bonchev–Trinajstić information content (AvgIpc) is 2.63. The van der Waals surface area contributed by atoms with Crippen molar-refractivity contribution < 1.29 is 14.3 Å². The van der Waals surface area contributed by atoms with Crippen LogP contribution in [0.25, 0.3) is 0 Å². The number of hydrogen-bond acceptors (Lipinski definition) is 3. The predicted octanol–water partition coefficient (Wildman–Crippen LogP) is 3.76. The first-order valence-electron chi connectivity index (χ1n) is 9.21. The van der Waals surface area contributed by atoms with Gasteiger partial charge in [-0.05, 0) is 44.6 Å². The van der Waals surface area contributed by atoms with Crippen molar-refractivity contribution in [3.05, 3.63) is 48.6 Å². The number of ether oxygens (including phenoxy) is 1. The van der Waals surface area contributed by atoms with Gasteiger partial charge in [-0.1, -0.05) is 36.4 Å². The van der Waals surface area contributed by atoms with E-state index in [1.807, 2.05) is 30.0 Å². The second-order valence-corrected chi connectivity index (χ2v) is 6.75. The van der Waals surface area contributed by atoms with Crippen LogP contribution in [0.2, 0.25) is 0 Å². The van der Waals surface area contributed by atoms with Gasteiger partial charge < -0.3 is 9.64 Å². The van der Waals surface area contributed by atoms with Crippen molar-refractivity contribution in [3.63, 3.8) is 0 Å². The summed E-state index contributed by atoms with van der Waals surface area (Å²) in [7, 11) is 0. The van der Waals surface area contributed by atoms with Crippen molar-refractivity contribution in [2.45, 2.75) is 45.4 Å². The van der Waals surface area contributed by atoms with Crippen LogP contribution in [0.5, 0.6) is 0 Å². The van der Waals surface area contributed by atoms with Gasteiger partial charge in [-0.3, -0.25) is 9.59 Å². The van der Waals surface area contributed by atoms with E-state index in [0.29, 0.717) is 26.1 Å². The van der Waals surface area contributed by atoms with Crippen molar-refractivity contribution in [2.24, 2.45) is 5.41 Å². The molecule has 0 radical (unpaired) electrons. The lowest BCUT2D eigenvalue weighted by atomic mass is 9.75. The standard InChI is InChI=1S/C21H29NO3/c1-3-10-19(23)22-16-9-15-21(17-22,20(24)25-4-2)14-8-13-18-11-6-5-7-12-18/h3,5-7,11-12H,1,4,8-10,13-17H2,2H3/t21-/m1/s1. The second kappa shape index (κ2) is 9.40. The number of benzene rings is 1. The number of amides is 1. The van der Waals surface area contributed by atoms with E-state index in [0.717, 1.165) is 32.1 Å². The molecule has 0 spiro atoms. The number of carbonyl (C=O) groups is 2. The molecule has 1 atom stereocenters. The molecule has 0 bridgehead atoms. The molecule has 0 N–H and O–H groups in total. The Morgan fingerprint density at radius 2 is 2.08 bits per heavy atom. The number of hydrogen-bond donors (Lipinski definition) is 0. The molecule has 1 aromatic rings. The summed E-state index contributed by atoms with van der Waals surface area (Å²) >= 11 is 0. The Kier molecular flexibility index (Phi) is 7.23. The molecule has 4 nitrogen and oxygen atoms in total. The highest BCUT2D eigenvalue weighted by molar-refractivity contribution is 5.81. The van der Waals surface area contributed by atoms with Crippen LogP contribution in [0.4, 0.5) is 0 Å². The number of nitrogens with zero attached hydrogens (tertiary/aromatic N) is 1. The molecule has 1 fully saturated rings. The molecule has 1 saturated heterocycles. The molecule has 136 valence electrons. The first-order chi connectivity index (χ1) is 12.1. The van der Waals surface area contributed by atoms with Gasteiger partial charge in [-0.15, -0.1) is 6.58 Å². The summed E-state index contributed by atoms with van der Waals surface area (Å²) in [6.45, 7) is 7.03. The number of carbonyl (C=O) groups excluding carboxylic acids is 2. The smallest absolute Gasteiger partial charge is 0.313 e. The highest BCUT2D eigenvalue weighted by Crippen LogP contribution is 2.37. The van der Waals surface area contributed by atoms with E-state index in [1.54, 1.807) is 6.08 Å². The molecule has 1 amide bonds. The summed E-state index contributed by atoms with van der Waals surface area (Å²) < 4.78 is 5.38. The number of rotatable bonds is 8. The van der Waals surface area contributed by atoms with Gasteiger partial charge in [0.05, 0.1) is 12.0 Å². The third kappa shape index (κ3) is 5.18. The first-order valence-corrected chi connectivity index (χ1v) is 9.21. The van der Waals surface area contributed by atoms with Gasteiger partial charge >= 0.3 is 5.97 Å². The van der Waals surface area contributed by atoms with Crippen molar-refractivity contribution >= 4 is 11.9 Å². The summed E-state index contributed by atoms with van der Waals surface area (Å²) in [6.07, 6.45) is 6.17. The fourth-order valence-electron chi connectivity index (χ4n) is 3.63. The van der Waals surface area contributed by atoms with Crippen LogP contribution in [0.1, 0.15) is 44.6 Å². The summed E-state index contributed by atoms with van der Waals surface area (Å²) in [4.78, 5) is 26.8. The van der Waals surface area contributed by atoms with Crippen molar-refractivity contribution in [1.82, 2.24) is 4.90 Å². The zero-order valence-corrected chi connectivity index (χ0v) is 15.2. The Balaban J connectivity index is 2.06. The molecule has 1 heterocycles. The highest BCUT2D eigenvalue weighted by atomic mass is 16.5. The molecule has 0 saturated carbocycles. The van der Waals surface area contributed by atoms with Crippen LogP contribution in [0.3, 0.4) is 0 Å². The lowest BCUT2D eigenvalue weighted by molar-refractivity contribution is -0.161. The molecule has 0 unspecified atom stereocenters. The summed E-state index contributed by atoms with van der Waals surface area (Å²) in [5, 5.41) is 0. The van der Waals surface area contributed by atoms with Crippen LogP contribution < -0.4 is 0 Å². The molecule has 1 aliphatic heterocycles. The Bertz CT molecular complexity index is 584. The van der Waals surface area contributed by atoms with E-state index in [9.17, 15) is 9.59 Å². The monoisotopic (exact) mass is 343 g/mol. The molecule has 0 aromatic heterocycles. The van der Waals surface area contributed by atoms with Crippen LogP contribution in [0.15, 0.2) is 43.0 Å². The second-order valence-electron chi connectivity index (χ2n) is 6.75. The number of likely N-dealkylation sites (tertiary alicyclic amines) is 1. The summed E-state index contributed by atoms with van der Waals surface area (Å²) in [5.74, 6) is -0.106. The maximum Gasteiger partial charge on any atom is 0.313 e. The minimum Gasteiger partial charge on any atom is -0.466 e. The fourth-order valence-corrected chi connectivity index (χ4v) is 3.63. The van der Waals surface area contributed by atoms with Crippen LogP contribution in [-0.4, -0.2) is 36.5 Å². The molecular formula is C21H29NO3. The molecule has 25 heavy (non-hydrogen) atoms. The number of esters is 1. The van der Waals surface area contributed by atoms with Gasteiger partial charge in [0.25, 0.3) is 0 Å². The molecule has 4 heteroatoms. The minimum atomic E-state index is -0.570. The number of aryl methyl sites for hydroxylation is 1. The Morgan fingerprint density at radius 1 is 1.32 bits per heavy atom. The van der Waals surface area contributed by atoms with E-state index >= 15 is 0 Å². The topological polar surface area (TPSA) is 46.6 Å². The fraction of sp³-hybridized carbons (Fsp3) is 0.524. The lowest BCUT2D eigenvalue weighted by Gasteiger charge is -2.41. The van der Waals surface area contributed by atoms with Crippen LogP contribution in [0, 0.1) is 5.41 Å². The van der Waals surface area contributed by atoms with E-state index in [4.69, 9.17) is 4.74 Å². The zero-order valence-electron chi connectivity index (χ0n) is 15.2. The van der Waals surface area contributed by atoms with Gasteiger partial charge in [0, 0.05) is 19.5 Å². The molecular weight excluding hydrogens is 314 g/mol. The van der Waals surface area contributed by atoms with Gasteiger partial charge in [0.15, 0.2) is 0 Å². The van der Waals surface area contributed by atoms with Gasteiger partial charge in [-0.25, -0.2) is 0 Å². The van der Waals surface area contributed by atoms with Gasteiger partial charge in [0.2, 0.25) is 5.91 Å². The minimum absolute atomic E-state index is 0.0476. The normalized spacial score (nSPS) is 20.1. The largest absolute Gasteiger partial charge is 0.466 e. The Morgan fingerprint density at radius 3 is 2.76 bits per heavy atom. The van der Waals surface area contributed by atoms with Crippen molar-refractivity contribution in [3.8, 4) is 0 Å². The zero-order chi connectivity index (χ0) is 18.1. The molecule has 0 aliphatic carbocycles. The third-order valence-electron chi connectivity index (χ3n) is 4.92. The summed E-state index contributed by atoms with van der Waals surface area (Å²) in [6, 6.07) is 10.3. The average molecular weight is 343 g/mol. The lowest BCUT2D eigenvalue weighted by Crippen LogP contribution is -2.50. The number of piperidine rings is 1. The quantitative estimate of drug-likeness (QED) is 0.533. The third-order valence-corrected chi connectivity index (χ3v) is 4.92. The highest BCUT2D eigenvalue weighted by Gasteiger charge is 2.43. The van der Waals surface area contributed by atoms with Crippen LogP contribution >= 0.6 is 0 Å². The van der Waals surface area contributed by atoms with E-state index in [2.05, 4.69) is 18.7 Å². The predicted molar refractivity (Wildman–Crippen MR) is 99.1 cm³/mol. The first kappa shape index (κ1) is 19.2. The maximum absolute atomic E-state index is 12.7. The summed E-state index contributed by atoms with van der Waals surface area (Å²) in [5.41, 5.74) is 0.705. The van der Waals surface area contributed by atoms with Gasteiger partial charge in [0.1, 0.15) is 0 Å². The van der Waals surface area contributed by atoms with Crippen molar-refractivity contribution in [2.75, 3.05) is 19.7 Å². The molecule has 2 rings (SSSR count). The Labute approximate surface area is 150 Å².